The molecule has 0 aliphatic heterocycles. The molecule has 2 rings (SSSR count). The first-order valence-corrected chi connectivity index (χ1v) is 49.6. The Morgan fingerprint density at radius 1 is 0.466 bits per heavy atom. The normalized spacial score (nSPS) is 13.3. The average molecular weight is 1500 g/mol. The van der Waals surface area contributed by atoms with Crippen LogP contribution >= 0.6 is 0 Å². The van der Waals surface area contributed by atoms with Gasteiger partial charge in [0.05, 0.1) is 50.5 Å². The minimum atomic E-state index is -1.76. The van der Waals surface area contributed by atoms with Crippen molar-refractivity contribution >= 4 is 54.2 Å². The maximum absolute atomic E-state index is 11.9. The second-order valence-corrected chi connectivity index (χ2v) is 46.9. The molecule has 2 aromatic rings. The number of aliphatic hydroxyl groups is 3. The lowest BCUT2D eigenvalue weighted by atomic mass is 10.0. The summed E-state index contributed by atoms with van der Waals surface area (Å²) in [6, 6.07) is 9.98. The molecule has 0 aliphatic carbocycles. The van der Waals surface area contributed by atoms with Gasteiger partial charge in [-0.1, -0.05) is 261 Å². The van der Waals surface area contributed by atoms with Crippen molar-refractivity contribution in [2.75, 3.05) is 14.2 Å². The molecule has 600 valence electrons. The zero-order valence-corrected chi connectivity index (χ0v) is 73.3. The fraction of sp³-hybridized carbons (Fsp3) is 0.767. The summed E-state index contributed by atoms with van der Waals surface area (Å²) in [6.45, 7) is 48.0. The number of unbranched alkanes of at least 4 members (excludes halogenated alkanes) is 20. The van der Waals surface area contributed by atoms with Gasteiger partial charge in [-0.05, 0) is 150 Å². The first-order valence-electron chi connectivity index (χ1n) is 40.4. The molecule has 103 heavy (non-hydrogen) atoms. The fourth-order valence-electron chi connectivity index (χ4n) is 11.0. The van der Waals surface area contributed by atoms with Gasteiger partial charge in [0, 0.05) is 38.5 Å². The molecular formula is C86H160O14Si3. The number of methoxy groups -OCH3 is 2. The minimum absolute atomic E-state index is 0.0643. The van der Waals surface area contributed by atoms with Crippen LogP contribution in [0.25, 0.3) is 6.08 Å². The first-order chi connectivity index (χ1) is 48.2. The van der Waals surface area contributed by atoms with Gasteiger partial charge in [-0.15, -0.1) is 0 Å². The topological polar surface area (TPSA) is 216 Å². The highest BCUT2D eigenvalue weighted by atomic mass is 28.4. The van der Waals surface area contributed by atoms with E-state index in [1.54, 1.807) is 43.3 Å². The Morgan fingerprint density at radius 2 is 0.816 bits per heavy atom. The molecule has 0 saturated heterocycles. The standard InChI is InChI=1S/C20H44O2Si2.C19H30O4.C19H28O4.C17H36O2Si.C11H22O2/c1-11-12-13-14-15-16-19(17-18(2)21-23(6,7)8)22-24(9,10)20(3,4)5;2*1-3-4-5-6-7-8-16(20)14-17(21)11-9-15-10-12-18(22)19(13-15)23-2;1-8-9-10-11-12-13-16(14-15(2)18)19-20(6,7)17(3,4)5;1-3-4-5-6-7-8-11(13)9-10(2)12/h19H,2,11-17H2,1,3-10H3;10,12-13,16,20,22H,3-9,11,14H2,1-2H3;9-13,16,20,22H,3-8,14H2,1-2H3;16H,8-14H2,1-7H3;11,13H,3-9H2,1-2H3/b;;11-9+;;/t19-;3*16-;11-/m11111/s1. The highest BCUT2D eigenvalue weighted by molar-refractivity contribution is 6.74. The third kappa shape index (κ3) is 58.8. The molecule has 2 aromatic carbocycles. The molecule has 0 amide bonds. The maximum atomic E-state index is 11.9. The molecule has 14 nitrogen and oxygen atoms in total. The predicted octanol–water partition coefficient (Wildman–Crippen LogP) is 24.0. The number of ether oxygens (including phenoxy) is 2. The lowest BCUT2D eigenvalue weighted by molar-refractivity contribution is -0.121. The van der Waals surface area contributed by atoms with Crippen molar-refractivity contribution in [1.29, 1.82) is 0 Å². The average Bonchev–Trinajstić information content (AvgIpc) is 0.838. The van der Waals surface area contributed by atoms with Gasteiger partial charge in [0.15, 0.2) is 45.4 Å². The van der Waals surface area contributed by atoms with E-state index in [-0.39, 0.29) is 69.8 Å². The van der Waals surface area contributed by atoms with E-state index in [4.69, 9.17) is 22.8 Å². The van der Waals surface area contributed by atoms with E-state index in [0.717, 1.165) is 74.7 Å². The molecule has 0 unspecified atom stereocenters. The molecule has 0 aromatic heterocycles. The zero-order valence-electron chi connectivity index (χ0n) is 70.3. The molecule has 5 atom stereocenters. The molecule has 0 bridgehead atoms. The van der Waals surface area contributed by atoms with E-state index < -0.39 is 43.3 Å². The molecule has 0 fully saturated rings. The summed E-state index contributed by atoms with van der Waals surface area (Å²) in [5, 5.41) is 48.7. The van der Waals surface area contributed by atoms with Crippen LogP contribution in [0.2, 0.25) is 55.9 Å². The van der Waals surface area contributed by atoms with Crippen LogP contribution in [-0.2, 0) is 38.9 Å². The van der Waals surface area contributed by atoms with Crippen molar-refractivity contribution in [1.82, 2.24) is 0 Å². The minimum Gasteiger partial charge on any atom is -0.548 e. The molecule has 0 aliphatic rings. The predicted molar refractivity (Wildman–Crippen MR) is 444 cm³/mol. The second kappa shape index (κ2) is 60.0. The summed E-state index contributed by atoms with van der Waals surface area (Å²) in [5.41, 5.74) is 1.71. The fourth-order valence-corrected chi connectivity index (χ4v) is 14.7. The van der Waals surface area contributed by atoms with Crippen LogP contribution in [0, 0.1) is 0 Å². The van der Waals surface area contributed by atoms with Crippen molar-refractivity contribution in [3.63, 3.8) is 0 Å². The van der Waals surface area contributed by atoms with Gasteiger partial charge in [-0.3, -0.25) is 19.2 Å². The first kappa shape index (κ1) is 103. The number of aromatic hydroxyl groups is 2. The van der Waals surface area contributed by atoms with Gasteiger partial charge in [0.2, 0.25) is 8.32 Å². The summed E-state index contributed by atoms with van der Waals surface area (Å²) >= 11 is 0. The van der Waals surface area contributed by atoms with Crippen LogP contribution in [0.5, 0.6) is 23.0 Å². The van der Waals surface area contributed by atoms with Gasteiger partial charge in [0.1, 0.15) is 17.3 Å². The SMILES string of the molecule is C=C(C[C@@H](CCCCCCC)O[Si](C)(C)C(C)(C)C)O[Si](C)(C)C.CCCCCCC[C@@H](O)CC(=O)/C=C/c1ccc(O)c(OC)c1.CCCCCCC[C@@H](O)CC(=O)CCc1ccc(O)c(OC)c1.CCCCCCC[C@@H](O)CC(C)=O.CCCCCCC[C@H](CC(C)=O)O[Si](C)(C)C(C)(C)C. The number of phenols is 2. The van der Waals surface area contributed by atoms with Crippen LogP contribution in [0.1, 0.15) is 332 Å². The van der Waals surface area contributed by atoms with Gasteiger partial charge < -0.3 is 48.3 Å². The summed E-state index contributed by atoms with van der Waals surface area (Å²) in [5.74, 6) is 2.19. The number of carbonyl (C=O) groups excluding carboxylic acids is 4. The third-order valence-electron chi connectivity index (χ3n) is 19.2. The van der Waals surface area contributed by atoms with E-state index in [1.807, 2.05) is 0 Å². The Labute approximate surface area is 635 Å². The third-order valence-corrected chi connectivity index (χ3v) is 29.1. The van der Waals surface area contributed by atoms with E-state index in [2.05, 4.69) is 129 Å². The number of carbonyl (C=O) groups is 4. The van der Waals surface area contributed by atoms with Gasteiger partial charge in [0.25, 0.3) is 0 Å². The van der Waals surface area contributed by atoms with Crippen LogP contribution in [-0.4, -0.2) is 118 Å². The number of benzene rings is 2. The number of hydrogen-bond donors (Lipinski definition) is 5. The summed E-state index contributed by atoms with van der Waals surface area (Å²) < 4.78 is 29.3. The van der Waals surface area contributed by atoms with Gasteiger partial charge in [-0.25, -0.2) is 0 Å². The Balaban J connectivity index is -0.00000123. The number of ketones is 4. The molecule has 0 saturated carbocycles. The van der Waals surface area contributed by atoms with Crippen LogP contribution in [0.4, 0.5) is 0 Å². The van der Waals surface area contributed by atoms with Crippen molar-refractivity contribution in [3.05, 3.63) is 65.9 Å². The largest absolute Gasteiger partial charge is 0.548 e. The number of phenolic OH excluding ortho intramolecular Hbond substituents is 2. The molecule has 5 N–H and O–H groups in total. The Bertz CT molecular complexity index is 2530. The quantitative estimate of drug-likeness (QED) is 0.0180. The zero-order chi connectivity index (χ0) is 79.1. The summed E-state index contributed by atoms with van der Waals surface area (Å²) in [4.78, 5) is 45.9. The van der Waals surface area contributed by atoms with Crippen LogP contribution in [0.3, 0.4) is 0 Å². The number of Topliss-reactive ketones (excluding diaryl/α,β-unsaturated/α-hetero) is 3. The Kier molecular flexibility index (Phi) is 60.1. The Morgan fingerprint density at radius 3 is 1.18 bits per heavy atom. The van der Waals surface area contributed by atoms with E-state index in [1.165, 1.54) is 162 Å². The molecule has 0 spiro atoms. The molecular weight excluding hydrogens is 1340 g/mol. The number of aliphatic hydroxyl groups excluding tert-OH is 3. The van der Waals surface area contributed by atoms with Crippen molar-refractivity contribution in [3.8, 4) is 23.0 Å². The highest BCUT2D eigenvalue weighted by Crippen LogP contribution is 2.40. The lowest BCUT2D eigenvalue weighted by Gasteiger charge is -2.39. The highest BCUT2D eigenvalue weighted by Gasteiger charge is 2.40. The number of aryl methyl sites for hydroxylation is 1. The number of rotatable bonds is 53. The molecule has 17 heteroatoms. The second-order valence-electron chi connectivity index (χ2n) is 32.9. The van der Waals surface area contributed by atoms with Gasteiger partial charge >= 0.3 is 0 Å². The lowest BCUT2D eigenvalue weighted by Crippen LogP contribution is -2.44. The van der Waals surface area contributed by atoms with Crippen LogP contribution < -0.4 is 9.47 Å². The monoisotopic (exact) mass is 1500 g/mol. The van der Waals surface area contributed by atoms with E-state index >= 15 is 0 Å². The van der Waals surface area contributed by atoms with Crippen molar-refractivity contribution in [2.45, 2.75) is 414 Å². The number of allylic oxidation sites excluding steroid dienone is 1. The molecule has 0 heterocycles. The van der Waals surface area contributed by atoms with Gasteiger partial charge in [-0.2, -0.15) is 0 Å². The van der Waals surface area contributed by atoms with Crippen molar-refractivity contribution < 1.29 is 67.5 Å². The molecule has 0 radical (unpaired) electrons. The Hall–Kier alpha value is -3.95. The van der Waals surface area contributed by atoms with E-state index in [9.17, 15) is 44.7 Å². The van der Waals surface area contributed by atoms with Crippen LogP contribution in [0.15, 0.2) is 54.8 Å². The maximum Gasteiger partial charge on any atom is 0.241 e. The summed E-state index contributed by atoms with van der Waals surface area (Å²) in [6.07, 6.45) is 39.9. The summed E-state index contributed by atoms with van der Waals surface area (Å²) in [7, 11) is -2.11. The van der Waals surface area contributed by atoms with E-state index in [0.29, 0.717) is 50.0 Å². The van der Waals surface area contributed by atoms with Crippen molar-refractivity contribution in [2.24, 2.45) is 0 Å². The number of hydrogen-bond acceptors (Lipinski definition) is 14. The smallest absolute Gasteiger partial charge is 0.241 e.